The zero-order valence-electron chi connectivity index (χ0n) is 11.0. The molecule has 1 amide bonds. The molecular formula is C14H20BrNO2. The molecule has 0 aliphatic heterocycles. The summed E-state index contributed by atoms with van der Waals surface area (Å²) in [5.41, 5.74) is 0.947. The SMILES string of the molecule is CCN(CCCBr)C(=O)Cc1ccccc1OC. The number of para-hydroxylation sites is 1. The van der Waals surface area contributed by atoms with Crippen LogP contribution in [0.1, 0.15) is 18.9 Å². The summed E-state index contributed by atoms with van der Waals surface area (Å²) in [6.45, 7) is 3.56. The maximum Gasteiger partial charge on any atom is 0.227 e. The number of carbonyl (C=O) groups is 1. The number of amides is 1. The van der Waals surface area contributed by atoms with Crippen LogP contribution in [0.15, 0.2) is 24.3 Å². The van der Waals surface area contributed by atoms with Crippen LogP contribution in [0.3, 0.4) is 0 Å². The minimum Gasteiger partial charge on any atom is -0.496 e. The van der Waals surface area contributed by atoms with Crippen molar-refractivity contribution in [3.05, 3.63) is 29.8 Å². The molecule has 1 aromatic carbocycles. The third-order valence-electron chi connectivity index (χ3n) is 2.83. The number of ether oxygens (including phenoxy) is 1. The van der Waals surface area contributed by atoms with Crippen LogP contribution >= 0.6 is 15.9 Å². The van der Waals surface area contributed by atoms with Crippen molar-refractivity contribution in [1.29, 1.82) is 0 Å². The topological polar surface area (TPSA) is 29.5 Å². The first-order valence-electron chi connectivity index (χ1n) is 6.18. The second kappa shape index (κ2) is 8.14. The Bertz CT molecular complexity index is 382. The van der Waals surface area contributed by atoms with Crippen molar-refractivity contribution in [2.75, 3.05) is 25.5 Å². The molecule has 0 atom stereocenters. The molecule has 0 heterocycles. The Morgan fingerprint density at radius 1 is 1.39 bits per heavy atom. The molecule has 0 aliphatic rings. The summed E-state index contributed by atoms with van der Waals surface area (Å²) < 4.78 is 5.26. The zero-order valence-corrected chi connectivity index (χ0v) is 12.6. The van der Waals surface area contributed by atoms with Crippen LogP contribution in [0.5, 0.6) is 5.75 Å². The Labute approximate surface area is 117 Å². The lowest BCUT2D eigenvalue weighted by atomic mass is 10.1. The summed E-state index contributed by atoms with van der Waals surface area (Å²) in [5, 5.41) is 0.922. The van der Waals surface area contributed by atoms with Gasteiger partial charge < -0.3 is 9.64 Å². The van der Waals surface area contributed by atoms with Gasteiger partial charge in [-0.25, -0.2) is 0 Å². The third-order valence-corrected chi connectivity index (χ3v) is 3.39. The number of hydrogen-bond acceptors (Lipinski definition) is 2. The number of alkyl halides is 1. The minimum absolute atomic E-state index is 0.156. The lowest BCUT2D eigenvalue weighted by Gasteiger charge is -2.21. The number of hydrogen-bond donors (Lipinski definition) is 0. The standard InChI is InChI=1S/C14H20BrNO2/c1-3-16(10-6-9-15)14(17)11-12-7-4-5-8-13(12)18-2/h4-5,7-8H,3,6,9-11H2,1-2H3. The van der Waals surface area contributed by atoms with Gasteiger partial charge in [-0.3, -0.25) is 4.79 Å². The minimum atomic E-state index is 0.156. The van der Waals surface area contributed by atoms with Gasteiger partial charge in [0.15, 0.2) is 0 Å². The highest BCUT2D eigenvalue weighted by atomic mass is 79.9. The van der Waals surface area contributed by atoms with Gasteiger partial charge in [-0.2, -0.15) is 0 Å². The molecular weight excluding hydrogens is 294 g/mol. The average molecular weight is 314 g/mol. The summed E-state index contributed by atoms with van der Waals surface area (Å²) in [4.78, 5) is 14.1. The van der Waals surface area contributed by atoms with Crippen LogP contribution in [0, 0.1) is 0 Å². The molecule has 0 fully saturated rings. The maximum atomic E-state index is 12.2. The fourth-order valence-electron chi connectivity index (χ4n) is 1.83. The highest BCUT2D eigenvalue weighted by Crippen LogP contribution is 2.18. The number of nitrogens with zero attached hydrogens (tertiary/aromatic N) is 1. The van der Waals surface area contributed by atoms with Crippen molar-refractivity contribution in [3.8, 4) is 5.75 Å². The smallest absolute Gasteiger partial charge is 0.227 e. The molecule has 4 heteroatoms. The second-order valence-electron chi connectivity index (χ2n) is 4.00. The molecule has 18 heavy (non-hydrogen) atoms. The van der Waals surface area contributed by atoms with Crippen molar-refractivity contribution in [2.45, 2.75) is 19.8 Å². The predicted molar refractivity (Wildman–Crippen MR) is 77.4 cm³/mol. The van der Waals surface area contributed by atoms with Gasteiger partial charge in [-0.15, -0.1) is 0 Å². The Balaban J connectivity index is 2.67. The zero-order chi connectivity index (χ0) is 13.4. The van der Waals surface area contributed by atoms with Gasteiger partial charge in [-0.05, 0) is 19.4 Å². The molecule has 1 aromatic rings. The highest BCUT2D eigenvalue weighted by Gasteiger charge is 2.13. The number of benzene rings is 1. The molecule has 0 saturated heterocycles. The molecule has 0 radical (unpaired) electrons. The van der Waals surface area contributed by atoms with Crippen LogP contribution in [0.4, 0.5) is 0 Å². The van der Waals surface area contributed by atoms with E-state index in [1.165, 1.54) is 0 Å². The Morgan fingerprint density at radius 2 is 2.11 bits per heavy atom. The van der Waals surface area contributed by atoms with E-state index in [0.717, 1.165) is 36.2 Å². The summed E-state index contributed by atoms with van der Waals surface area (Å²) >= 11 is 3.39. The number of carbonyl (C=O) groups excluding carboxylic acids is 1. The number of methoxy groups -OCH3 is 1. The highest BCUT2D eigenvalue weighted by molar-refractivity contribution is 9.09. The average Bonchev–Trinajstić information content (AvgIpc) is 2.40. The molecule has 0 aliphatic carbocycles. The van der Waals surface area contributed by atoms with Gasteiger partial charge in [0.2, 0.25) is 5.91 Å². The van der Waals surface area contributed by atoms with E-state index in [0.29, 0.717) is 6.42 Å². The van der Waals surface area contributed by atoms with Gasteiger partial charge in [0.25, 0.3) is 0 Å². The first-order chi connectivity index (χ1) is 8.72. The number of halogens is 1. The Hall–Kier alpha value is -1.03. The van der Waals surface area contributed by atoms with Crippen LogP contribution in [-0.4, -0.2) is 36.3 Å². The van der Waals surface area contributed by atoms with Crippen molar-refractivity contribution in [2.24, 2.45) is 0 Å². The Morgan fingerprint density at radius 3 is 2.72 bits per heavy atom. The van der Waals surface area contributed by atoms with Gasteiger partial charge >= 0.3 is 0 Å². The van der Waals surface area contributed by atoms with Gasteiger partial charge in [-0.1, -0.05) is 34.1 Å². The molecule has 0 aromatic heterocycles. The molecule has 0 saturated carbocycles. The lowest BCUT2D eigenvalue weighted by Crippen LogP contribution is -2.33. The van der Waals surface area contributed by atoms with E-state index in [-0.39, 0.29) is 5.91 Å². The van der Waals surface area contributed by atoms with E-state index in [4.69, 9.17) is 4.74 Å². The fourth-order valence-corrected chi connectivity index (χ4v) is 2.08. The van der Waals surface area contributed by atoms with Crippen molar-refractivity contribution in [3.63, 3.8) is 0 Å². The molecule has 1 rings (SSSR count). The van der Waals surface area contributed by atoms with Gasteiger partial charge in [0.1, 0.15) is 5.75 Å². The molecule has 0 bridgehead atoms. The van der Waals surface area contributed by atoms with E-state index in [1.54, 1.807) is 7.11 Å². The summed E-state index contributed by atoms with van der Waals surface area (Å²) in [6, 6.07) is 7.67. The molecule has 3 nitrogen and oxygen atoms in total. The quantitative estimate of drug-likeness (QED) is 0.724. The predicted octanol–water partition coefficient (Wildman–Crippen LogP) is 2.87. The number of rotatable bonds is 7. The van der Waals surface area contributed by atoms with E-state index >= 15 is 0 Å². The van der Waals surface area contributed by atoms with Crippen LogP contribution < -0.4 is 4.74 Å². The van der Waals surface area contributed by atoms with Gasteiger partial charge in [0.05, 0.1) is 13.5 Å². The third kappa shape index (κ3) is 4.33. The Kier molecular flexibility index (Phi) is 6.80. The maximum absolute atomic E-state index is 12.2. The van der Waals surface area contributed by atoms with Crippen molar-refractivity contribution in [1.82, 2.24) is 4.90 Å². The largest absolute Gasteiger partial charge is 0.496 e. The monoisotopic (exact) mass is 313 g/mol. The molecule has 100 valence electrons. The molecule has 0 N–H and O–H groups in total. The van der Waals surface area contributed by atoms with Crippen LogP contribution in [0.25, 0.3) is 0 Å². The van der Waals surface area contributed by atoms with Crippen LogP contribution in [0.2, 0.25) is 0 Å². The first kappa shape index (κ1) is 15.0. The molecule has 0 unspecified atom stereocenters. The lowest BCUT2D eigenvalue weighted by molar-refractivity contribution is -0.130. The van der Waals surface area contributed by atoms with Crippen LogP contribution in [-0.2, 0) is 11.2 Å². The van der Waals surface area contributed by atoms with Gasteiger partial charge in [0, 0.05) is 24.0 Å². The summed E-state index contributed by atoms with van der Waals surface area (Å²) in [7, 11) is 1.63. The number of likely N-dealkylation sites (N-methyl/N-ethyl adjacent to an activating group) is 1. The second-order valence-corrected chi connectivity index (χ2v) is 4.80. The van der Waals surface area contributed by atoms with Crippen molar-refractivity contribution >= 4 is 21.8 Å². The summed E-state index contributed by atoms with van der Waals surface area (Å²) in [5.74, 6) is 0.936. The van der Waals surface area contributed by atoms with E-state index in [1.807, 2.05) is 36.1 Å². The fraction of sp³-hybridized carbons (Fsp3) is 0.500. The normalized spacial score (nSPS) is 10.2. The van der Waals surface area contributed by atoms with E-state index < -0.39 is 0 Å². The van der Waals surface area contributed by atoms with E-state index in [2.05, 4.69) is 15.9 Å². The molecule has 0 spiro atoms. The van der Waals surface area contributed by atoms with Crippen molar-refractivity contribution < 1.29 is 9.53 Å². The summed E-state index contributed by atoms with van der Waals surface area (Å²) in [6.07, 6.45) is 1.38. The van der Waals surface area contributed by atoms with E-state index in [9.17, 15) is 4.79 Å². The first-order valence-corrected chi connectivity index (χ1v) is 7.30.